The summed E-state index contributed by atoms with van der Waals surface area (Å²) >= 11 is 0. The molecule has 4 aliphatic carbocycles. The maximum Gasteiger partial charge on any atom is 0.123 e. The normalized spacial score (nSPS) is 30.8. The molecule has 4 fully saturated rings. The van der Waals surface area contributed by atoms with Crippen LogP contribution in [-0.2, 0) is 12.0 Å². The van der Waals surface area contributed by atoms with Crippen molar-refractivity contribution in [2.75, 3.05) is 6.61 Å². The van der Waals surface area contributed by atoms with E-state index in [1.54, 1.807) is 0 Å². The maximum absolute atomic E-state index is 9.18. The third-order valence-corrected chi connectivity index (χ3v) is 7.27. The van der Waals surface area contributed by atoms with Gasteiger partial charge in [-0.15, -0.1) is 0 Å². The molecule has 0 radical (unpaired) electrons. The van der Waals surface area contributed by atoms with Crippen LogP contribution in [0.3, 0.4) is 0 Å². The SMILES string of the molecule is OC/C=C/c1ccc(OCc2ccccc2)c(C23CC4CC(CC(C4)C2)C3)c1. The Labute approximate surface area is 168 Å². The number of aliphatic hydroxyl groups is 1. The number of aliphatic hydroxyl groups excluding tert-OH is 1. The zero-order valence-corrected chi connectivity index (χ0v) is 16.5. The molecule has 0 aliphatic heterocycles. The highest BCUT2D eigenvalue weighted by atomic mass is 16.5. The average molecular weight is 375 g/mol. The van der Waals surface area contributed by atoms with Crippen molar-refractivity contribution in [2.24, 2.45) is 17.8 Å². The number of benzene rings is 2. The summed E-state index contributed by atoms with van der Waals surface area (Å²) in [5.74, 6) is 3.78. The molecule has 0 spiro atoms. The molecule has 4 aliphatic rings. The first-order chi connectivity index (χ1) is 13.7. The lowest BCUT2D eigenvalue weighted by molar-refractivity contribution is -0.00648. The van der Waals surface area contributed by atoms with Crippen LogP contribution in [0.25, 0.3) is 6.08 Å². The highest BCUT2D eigenvalue weighted by Crippen LogP contribution is 2.62. The van der Waals surface area contributed by atoms with Crippen LogP contribution in [-0.4, -0.2) is 11.7 Å². The van der Waals surface area contributed by atoms with Crippen molar-refractivity contribution in [3.8, 4) is 5.75 Å². The fraction of sp³-hybridized carbons (Fsp3) is 0.462. The van der Waals surface area contributed by atoms with Crippen LogP contribution >= 0.6 is 0 Å². The van der Waals surface area contributed by atoms with Crippen LogP contribution in [0.5, 0.6) is 5.75 Å². The summed E-state index contributed by atoms with van der Waals surface area (Å²) in [5.41, 5.74) is 4.10. The van der Waals surface area contributed by atoms with E-state index in [0.717, 1.165) is 23.5 Å². The molecule has 0 saturated heterocycles. The van der Waals surface area contributed by atoms with Gasteiger partial charge in [0.05, 0.1) is 6.61 Å². The van der Waals surface area contributed by atoms with E-state index >= 15 is 0 Å². The Hall–Kier alpha value is -2.06. The third kappa shape index (κ3) is 3.39. The summed E-state index contributed by atoms with van der Waals surface area (Å²) in [7, 11) is 0. The Balaban J connectivity index is 1.49. The van der Waals surface area contributed by atoms with E-state index in [1.165, 1.54) is 55.2 Å². The summed E-state index contributed by atoms with van der Waals surface area (Å²) in [6.45, 7) is 0.699. The van der Waals surface area contributed by atoms with Gasteiger partial charge < -0.3 is 9.84 Å². The second-order valence-corrected chi connectivity index (χ2v) is 9.31. The minimum atomic E-state index is 0.0823. The number of rotatable bonds is 6. The molecule has 28 heavy (non-hydrogen) atoms. The van der Waals surface area contributed by atoms with Crippen molar-refractivity contribution < 1.29 is 9.84 Å². The molecular formula is C26H30O2. The van der Waals surface area contributed by atoms with E-state index in [0.29, 0.717) is 12.0 Å². The molecule has 2 heteroatoms. The number of hydrogen-bond acceptors (Lipinski definition) is 2. The van der Waals surface area contributed by atoms with Gasteiger partial charge in [-0.25, -0.2) is 0 Å². The van der Waals surface area contributed by atoms with E-state index in [2.05, 4.69) is 42.5 Å². The smallest absolute Gasteiger partial charge is 0.123 e. The van der Waals surface area contributed by atoms with Gasteiger partial charge in [0.2, 0.25) is 0 Å². The molecule has 0 heterocycles. The van der Waals surface area contributed by atoms with Gasteiger partial charge in [-0.05, 0) is 85.0 Å². The first kappa shape index (κ1) is 18.0. The zero-order chi connectivity index (χ0) is 19.0. The second kappa shape index (κ2) is 7.40. The summed E-state index contributed by atoms with van der Waals surface area (Å²) < 4.78 is 6.40. The predicted octanol–water partition coefficient (Wildman–Crippen LogP) is 5.74. The minimum Gasteiger partial charge on any atom is -0.489 e. The van der Waals surface area contributed by atoms with Crippen LogP contribution in [0.1, 0.15) is 55.2 Å². The van der Waals surface area contributed by atoms with Gasteiger partial charge in [0, 0.05) is 5.56 Å². The van der Waals surface area contributed by atoms with Crippen molar-refractivity contribution in [1.29, 1.82) is 0 Å². The molecule has 0 unspecified atom stereocenters. The van der Waals surface area contributed by atoms with Gasteiger partial charge in [0.25, 0.3) is 0 Å². The quantitative estimate of drug-likeness (QED) is 0.699. The van der Waals surface area contributed by atoms with Gasteiger partial charge >= 0.3 is 0 Å². The average Bonchev–Trinajstić information content (AvgIpc) is 2.71. The molecule has 0 atom stereocenters. The largest absolute Gasteiger partial charge is 0.489 e. The van der Waals surface area contributed by atoms with Crippen molar-refractivity contribution in [3.05, 3.63) is 71.3 Å². The first-order valence-electron chi connectivity index (χ1n) is 10.8. The van der Waals surface area contributed by atoms with Crippen LogP contribution in [0.15, 0.2) is 54.6 Å². The van der Waals surface area contributed by atoms with Crippen LogP contribution in [0, 0.1) is 17.8 Å². The standard InChI is InChI=1S/C26H30O2/c27-10-4-7-19-8-9-25(28-18-20-5-2-1-3-6-20)24(14-19)26-15-21-11-22(16-26)13-23(12-21)17-26/h1-9,14,21-23,27H,10-13,15-18H2/b7-4+. The Bertz CT molecular complexity index is 817. The van der Waals surface area contributed by atoms with Gasteiger partial charge in [0.1, 0.15) is 12.4 Å². The molecule has 2 aromatic carbocycles. The molecular weight excluding hydrogens is 344 g/mol. The molecule has 2 nitrogen and oxygen atoms in total. The van der Waals surface area contributed by atoms with Gasteiger partial charge in [-0.2, -0.15) is 0 Å². The Kier molecular flexibility index (Phi) is 4.76. The molecule has 0 amide bonds. The van der Waals surface area contributed by atoms with E-state index in [4.69, 9.17) is 4.74 Å². The Morgan fingerprint density at radius 3 is 2.25 bits per heavy atom. The van der Waals surface area contributed by atoms with Crippen LogP contribution in [0.4, 0.5) is 0 Å². The molecule has 6 rings (SSSR count). The molecule has 4 saturated carbocycles. The summed E-state index contributed by atoms with van der Waals surface area (Å²) in [5, 5.41) is 9.18. The molecule has 4 bridgehead atoms. The van der Waals surface area contributed by atoms with Gasteiger partial charge in [-0.3, -0.25) is 0 Å². The van der Waals surface area contributed by atoms with Gasteiger partial charge in [0.15, 0.2) is 0 Å². The monoisotopic (exact) mass is 374 g/mol. The lowest BCUT2D eigenvalue weighted by Gasteiger charge is -2.57. The van der Waals surface area contributed by atoms with E-state index in [-0.39, 0.29) is 6.61 Å². The molecule has 146 valence electrons. The lowest BCUT2D eigenvalue weighted by atomic mass is 9.48. The summed E-state index contributed by atoms with van der Waals surface area (Å²) in [6, 6.07) is 17.1. The highest BCUT2D eigenvalue weighted by molar-refractivity contribution is 5.55. The topological polar surface area (TPSA) is 29.5 Å². The van der Waals surface area contributed by atoms with Crippen LogP contribution in [0.2, 0.25) is 0 Å². The number of hydrogen-bond donors (Lipinski definition) is 1. The van der Waals surface area contributed by atoms with E-state index < -0.39 is 0 Å². The lowest BCUT2D eigenvalue weighted by Crippen LogP contribution is -2.48. The fourth-order valence-electron chi connectivity index (χ4n) is 6.56. The molecule has 0 aromatic heterocycles. The van der Waals surface area contributed by atoms with Crippen molar-refractivity contribution in [2.45, 2.75) is 50.5 Å². The summed E-state index contributed by atoms with van der Waals surface area (Å²) in [6.07, 6.45) is 12.2. The molecule has 2 aromatic rings. The predicted molar refractivity (Wildman–Crippen MR) is 113 cm³/mol. The van der Waals surface area contributed by atoms with Crippen molar-refractivity contribution >= 4 is 6.08 Å². The Morgan fingerprint density at radius 2 is 1.61 bits per heavy atom. The van der Waals surface area contributed by atoms with E-state index in [1.807, 2.05) is 18.2 Å². The van der Waals surface area contributed by atoms with E-state index in [9.17, 15) is 5.11 Å². The fourth-order valence-corrected chi connectivity index (χ4v) is 6.56. The molecule has 1 N–H and O–H groups in total. The summed E-state index contributed by atoms with van der Waals surface area (Å²) in [4.78, 5) is 0. The zero-order valence-electron chi connectivity index (χ0n) is 16.5. The number of ether oxygens (including phenoxy) is 1. The maximum atomic E-state index is 9.18. The minimum absolute atomic E-state index is 0.0823. The first-order valence-corrected chi connectivity index (χ1v) is 10.8. The Morgan fingerprint density at radius 1 is 0.929 bits per heavy atom. The van der Waals surface area contributed by atoms with Crippen LogP contribution < -0.4 is 4.74 Å². The van der Waals surface area contributed by atoms with Gasteiger partial charge in [-0.1, -0.05) is 48.6 Å². The van der Waals surface area contributed by atoms with Crippen molar-refractivity contribution in [3.63, 3.8) is 0 Å². The highest BCUT2D eigenvalue weighted by Gasteiger charge is 2.52. The van der Waals surface area contributed by atoms with Crippen molar-refractivity contribution in [1.82, 2.24) is 0 Å². The second-order valence-electron chi connectivity index (χ2n) is 9.31. The third-order valence-electron chi connectivity index (χ3n) is 7.27.